The van der Waals surface area contributed by atoms with Crippen LogP contribution >= 0.6 is 0 Å². The Hall–Kier alpha value is -1.62. The number of carbonyl (C=O) groups excluding carboxylic acids is 1. The van der Waals surface area contributed by atoms with Crippen molar-refractivity contribution in [2.45, 2.75) is 45.2 Å². The van der Waals surface area contributed by atoms with Gasteiger partial charge in [-0.15, -0.1) is 0 Å². The summed E-state index contributed by atoms with van der Waals surface area (Å²) in [5.74, 6) is 0.182. The molecule has 1 saturated carbocycles. The lowest BCUT2D eigenvalue weighted by Gasteiger charge is -2.12. The Kier molecular flexibility index (Phi) is 4.95. The predicted octanol–water partition coefficient (Wildman–Crippen LogP) is 0.790. The van der Waals surface area contributed by atoms with Crippen molar-refractivity contribution in [3.63, 3.8) is 0 Å². The van der Waals surface area contributed by atoms with Gasteiger partial charge < -0.3 is 15.6 Å². The number of pyridine rings is 1. The maximum Gasteiger partial charge on any atom is 0.250 e. The smallest absolute Gasteiger partial charge is 0.250 e. The van der Waals surface area contributed by atoms with Crippen molar-refractivity contribution in [1.82, 2.24) is 9.88 Å². The van der Waals surface area contributed by atoms with Crippen LogP contribution in [0.2, 0.25) is 0 Å². The van der Waals surface area contributed by atoms with Crippen LogP contribution in [0.4, 0.5) is 0 Å². The topological polar surface area (TPSA) is 77.1 Å². The second kappa shape index (κ2) is 6.70. The molecule has 1 aromatic heterocycles. The highest BCUT2D eigenvalue weighted by atomic mass is 16.2. The largest absolute Gasteiger partial charge is 0.356 e. The molecule has 20 heavy (non-hydrogen) atoms. The fraction of sp³-hybridized carbons (Fsp3) is 0.600. The number of nitrogens with one attached hydrogen (secondary N) is 1. The lowest BCUT2D eigenvalue weighted by atomic mass is 10.1. The monoisotopic (exact) mass is 277 g/mol. The summed E-state index contributed by atoms with van der Waals surface area (Å²) in [6.07, 6.45) is 3.39. The molecule has 1 aromatic rings. The molecule has 5 nitrogen and oxygen atoms in total. The van der Waals surface area contributed by atoms with E-state index in [0.717, 1.165) is 31.4 Å². The molecular formula is C15H23N3O2. The lowest BCUT2D eigenvalue weighted by molar-refractivity contribution is -0.124. The van der Waals surface area contributed by atoms with Gasteiger partial charge in [-0.2, -0.15) is 0 Å². The minimum Gasteiger partial charge on any atom is -0.356 e. The lowest BCUT2D eigenvalue weighted by Crippen LogP contribution is -2.32. The summed E-state index contributed by atoms with van der Waals surface area (Å²) in [6, 6.07) is 5.42. The molecule has 2 atom stereocenters. The van der Waals surface area contributed by atoms with Crippen molar-refractivity contribution in [2.75, 3.05) is 6.54 Å². The van der Waals surface area contributed by atoms with Crippen molar-refractivity contribution in [2.24, 2.45) is 11.7 Å². The second-order valence-electron chi connectivity index (χ2n) is 5.57. The Labute approximate surface area is 119 Å². The molecule has 0 radical (unpaired) electrons. The highest BCUT2D eigenvalue weighted by Crippen LogP contribution is 2.23. The normalized spacial score (nSPS) is 21.9. The van der Waals surface area contributed by atoms with Gasteiger partial charge in [-0.3, -0.25) is 9.59 Å². The van der Waals surface area contributed by atoms with Crippen LogP contribution in [0.25, 0.3) is 0 Å². The quantitative estimate of drug-likeness (QED) is 0.781. The first-order valence-corrected chi connectivity index (χ1v) is 7.27. The molecular weight excluding hydrogens is 254 g/mol. The Morgan fingerprint density at radius 2 is 2.25 bits per heavy atom. The molecule has 0 bridgehead atoms. The van der Waals surface area contributed by atoms with Gasteiger partial charge in [-0.05, 0) is 38.7 Å². The van der Waals surface area contributed by atoms with Gasteiger partial charge in [0.05, 0.1) is 0 Å². The first-order valence-electron chi connectivity index (χ1n) is 7.27. The number of nitrogens with two attached hydrogens (primary N) is 1. The van der Waals surface area contributed by atoms with Gasteiger partial charge >= 0.3 is 0 Å². The van der Waals surface area contributed by atoms with E-state index in [1.165, 1.54) is 0 Å². The summed E-state index contributed by atoms with van der Waals surface area (Å²) >= 11 is 0. The van der Waals surface area contributed by atoms with Gasteiger partial charge in [-0.1, -0.05) is 6.07 Å². The van der Waals surface area contributed by atoms with Crippen LogP contribution in [0, 0.1) is 12.8 Å². The molecule has 1 amide bonds. The van der Waals surface area contributed by atoms with Gasteiger partial charge in [0.2, 0.25) is 5.91 Å². The van der Waals surface area contributed by atoms with E-state index in [9.17, 15) is 9.59 Å². The van der Waals surface area contributed by atoms with E-state index >= 15 is 0 Å². The van der Waals surface area contributed by atoms with Crippen molar-refractivity contribution in [3.05, 3.63) is 34.2 Å². The minimum atomic E-state index is 0.0121. The maximum atomic E-state index is 11.9. The first-order chi connectivity index (χ1) is 9.58. The zero-order valence-electron chi connectivity index (χ0n) is 12.0. The molecule has 110 valence electrons. The van der Waals surface area contributed by atoms with Crippen molar-refractivity contribution >= 4 is 5.91 Å². The number of aryl methyl sites for hydroxylation is 1. The van der Waals surface area contributed by atoms with Crippen LogP contribution in [-0.4, -0.2) is 23.1 Å². The average molecular weight is 277 g/mol. The summed E-state index contributed by atoms with van der Waals surface area (Å²) in [4.78, 5) is 23.6. The third-order valence-electron chi connectivity index (χ3n) is 3.97. The Morgan fingerprint density at radius 3 is 2.90 bits per heavy atom. The number of hydrogen-bond acceptors (Lipinski definition) is 3. The number of aromatic nitrogens is 1. The van der Waals surface area contributed by atoms with Gasteiger partial charge in [-0.25, -0.2) is 0 Å². The number of nitrogens with zero attached hydrogens (tertiary/aromatic N) is 1. The van der Waals surface area contributed by atoms with Crippen LogP contribution in [0.5, 0.6) is 0 Å². The summed E-state index contributed by atoms with van der Waals surface area (Å²) in [7, 11) is 0. The predicted molar refractivity (Wildman–Crippen MR) is 78.4 cm³/mol. The van der Waals surface area contributed by atoms with Crippen LogP contribution in [0.1, 0.15) is 31.4 Å². The standard InChI is InChI=1S/C15H23N3O2/c1-11-4-2-5-14(19)18(11)9-3-8-17-15(20)12-6-7-13(16)10-12/h2,4-5,12-13H,3,6-10,16H2,1H3,(H,17,20)/t12-,13+/m1/s1. The highest BCUT2D eigenvalue weighted by Gasteiger charge is 2.27. The zero-order chi connectivity index (χ0) is 14.5. The number of hydrogen-bond donors (Lipinski definition) is 2. The molecule has 0 saturated heterocycles. The minimum absolute atomic E-state index is 0.0121. The average Bonchev–Trinajstić information content (AvgIpc) is 2.84. The van der Waals surface area contributed by atoms with E-state index in [-0.39, 0.29) is 23.4 Å². The third-order valence-corrected chi connectivity index (χ3v) is 3.97. The van der Waals surface area contributed by atoms with Crippen LogP contribution in [0.3, 0.4) is 0 Å². The van der Waals surface area contributed by atoms with E-state index in [1.807, 2.05) is 13.0 Å². The number of amides is 1. The van der Waals surface area contributed by atoms with Crippen molar-refractivity contribution in [1.29, 1.82) is 0 Å². The van der Waals surface area contributed by atoms with Crippen LogP contribution in [-0.2, 0) is 11.3 Å². The Bertz CT molecular complexity index is 524. The summed E-state index contributed by atoms with van der Waals surface area (Å²) in [5.41, 5.74) is 6.77. The molecule has 1 fully saturated rings. The summed E-state index contributed by atoms with van der Waals surface area (Å²) < 4.78 is 1.73. The molecule has 2 rings (SSSR count). The molecule has 0 aromatic carbocycles. The Balaban J connectivity index is 1.74. The van der Waals surface area contributed by atoms with Crippen molar-refractivity contribution < 1.29 is 4.79 Å². The molecule has 0 spiro atoms. The van der Waals surface area contributed by atoms with Crippen molar-refractivity contribution in [3.8, 4) is 0 Å². The van der Waals surface area contributed by atoms with Crippen LogP contribution in [0.15, 0.2) is 23.0 Å². The fourth-order valence-corrected chi connectivity index (χ4v) is 2.76. The number of rotatable bonds is 5. The SMILES string of the molecule is Cc1cccc(=O)n1CCCNC(=O)[C@@H]1CC[C@H](N)C1. The highest BCUT2D eigenvalue weighted by molar-refractivity contribution is 5.78. The molecule has 1 heterocycles. The molecule has 1 aliphatic rings. The van der Waals surface area contributed by atoms with E-state index in [2.05, 4.69) is 5.32 Å². The van der Waals surface area contributed by atoms with Gasteiger partial charge in [0.25, 0.3) is 5.56 Å². The fourth-order valence-electron chi connectivity index (χ4n) is 2.76. The molecule has 0 unspecified atom stereocenters. The molecule has 1 aliphatic carbocycles. The van der Waals surface area contributed by atoms with Gasteiger partial charge in [0.1, 0.15) is 0 Å². The maximum absolute atomic E-state index is 11.9. The van der Waals surface area contributed by atoms with Gasteiger partial charge in [0, 0.05) is 36.8 Å². The van der Waals surface area contributed by atoms with E-state index in [0.29, 0.717) is 13.1 Å². The van der Waals surface area contributed by atoms with Crippen LogP contribution < -0.4 is 16.6 Å². The van der Waals surface area contributed by atoms with E-state index in [4.69, 9.17) is 5.73 Å². The number of carbonyl (C=O) groups is 1. The van der Waals surface area contributed by atoms with E-state index < -0.39 is 0 Å². The molecule has 0 aliphatic heterocycles. The van der Waals surface area contributed by atoms with E-state index in [1.54, 1.807) is 16.7 Å². The second-order valence-corrected chi connectivity index (χ2v) is 5.57. The summed E-state index contributed by atoms with van der Waals surface area (Å²) in [5, 5.41) is 2.94. The molecule has 5 heteroatoms. The third kappa shape index (κ3) is 3.70. The van der Waals surface area contributed by atoms with Gasteiger partial charge in [0.15, 0.2) is 0 Å². The zero-order valence-corrected chi connectivity index (χ0v) is 12.0. The Morgan fingerprint density at radius 1 is 1.45 bits per heavy atom. The molecule has 3 N–H and O–H groups in total. The first kappa shape index (κ1) is 14.8. The summed E-state index contributed by atoms with van der Waals surface area (Å²) in [6.45, 7) is 3.15.